The van der Waals surface area contributed by atoms with Crippen LogP contribution in [0.15, 0.2) is 46.9 Å². The van der Waals surface area contributed by atoms with Gasteiger partial charge in [-0.15, -0.1) is 0 Å². The minimum absolute atomic E-state index is 0.134. The van der Waals surface area contributed by atoms with Crippen molar-refractivity contribution in [3.05, 3.63) is 63.1 Å². The van der Waals surface area contributed by atoms with E-state index in [1.165, 1.54) is 0 Å². The molecule has 0 aliphatic heterocycles. The summed E-state index contributed by atoms with van der Waals surface area (Å²) in [6, 6.07) is 13.8. The molecule has 124 valence electrons. The average Bonchev–Trinajstić information content (AvgIpc) is 2.56. The first-order valence-electron chi connectivity index (χ1n) is 7.62. The van der Waals surface area contributed by atoms with Crippen molar-refractivity contribution in [2.45, 2.75) is 32.5 Å². The van der Waals surface area contributed by atoms with Gasteiger partial charge in [0, 0.05) is 17.6 Å². The first kappa shape index (κ1) is 18.3. The number of rotatable bonds is 8. The molecule has 2 aromatic carbocycles. The highest BCUT2D eigenvalue weighted by Crippen LogP contribution is 2.27. The fraction of sp³-hybridized carbons (Fsp3) is 0.333. The Hall–Kier alpha value is -1.07. The summed E-state index contributed by atoms with van der Waals surface area (Å²) in [6.07, 6.45) is 0.903. The van der Waals surface area contributed by atoms with Gasteiger partial charge in [0.2, 0.25) is 0 Å². The number of hydrogen-bond donors (Lipinski definition) is 2. The third kappa shape index (κ3) is 5.81. The van der Waals surface area contributed by atoms with Crippen LogP contribution >= 0.6 is 27.5 Å². The summed E-state index contributed by atoms with van der Waals surface area (Å²) in [5.74, 6) is 0.804. The van der Waals surface area contributed by atoms with Crippen LogP contribution in [0.2, 0.25) is 5.02 Å². The van der Waals surface area contributed by atoms with E-state index in [2.05, 4.69) is 28.2 Å². The summed E-state index contributed by atoms with van der Waals surface area (Å²) in [5, 5.41) is 13.2. The van der Waals surface area contributed by atoms with Crippen LogP contribution in [0.3, 0.4) is 0 Å². The van der Waals surface area contributed by atoms with Gasteiger partial charge in [-0.1, -0.05) is 36.7 Å². The second-order valence-electron chi connectivity index (χ2n) is 5.35. The normalized spacial score (nSPS) is 12.2. The Balaban J connectivity index is 1.92. The second-order valence-corrected chi connectivity index (χ2v) is 6.64. The zero-order valence-electron chi connectivity index (χ0n) is 13.1. The first-order chi connectivity index (χ1) is 11.1. The molecule has 0 aliphatic carbocycles. The third-order valence-electron chi connectivity index (χ3n) is 3.61. The highest BCUT2D eigenvalue weighted by atomic mass is 79.9. The van der Waals surface area contributed by atoms with Crippen LogP contribution in [0, 0.1) is 0 Å². The Bertz CT molecular complexity index is 615. The highest BCUT2D eigenvalue weighted by molar-refractivity contribution is 9.10. The average molecular weight is 399 g/mol. The molecular weight excluding hydrogens is 378 g/mol. The molecule has 0 heterocycles. The van der Waals surface area contributed by atoms with Crippen molar-refractivity contribution >= 4 is 27.5 Å². The third-order valence-corrected chi connectivity index (χ3v) is 4.48. The number of nitrogens with one attached hydrogen (secondary N) is 1. The van der Waals surface area contributed by atoms with Crippen molar-refractivity contribution in [3.8, 4) is 5.75 Å². The molecule has 0 bridgehead atoms. The Morgan fingerprint density at radius 3 is 2.48 bits per heavy atom. The minimum atomic E-state index is 0.134. The van der Waals surface area contributed by atoms with Crippen molar-refractivity contribution in [3.63, 3.8) is 0 Å². The fourth-order valence-electron chi connectivity index (χ4n) is 2.11. The standard InChI is InChI=1S/C18H21BrClNO2/c1-2-16(11-22)21-10-14-5-8-18(17(19)9-14)23-12-13-3-6-15(20)7-4-13/h3-9,16,21-22H,2,10-12H2,1H3/t16-/m0/s1. The van der Waals surface area contributed by atoms with Crippen LogP contribution in [0.5, 0.6) is 5.75 Å². The Kier molecular flexibility index (Phi) is 7.37. The van der Waals surface area contributed by atoms with Crippen molar-refractivity contribution < 1.29 is 9.84 Å². The number of ether oxygens (including phenoxy) is 1. The van der Waals surface area contributed by atoms with Gasteiger partial charge < -0.3 is 15.2 Å². The molecule has 3 nitrogen and oxygen atoms in total. The number of aliphatic hydroxyl groups is 1. The molecular formula is C18H21BrClNO2. The van der Waals surface area contributed by atoms with E-state index in [1.807, 2.05) is 42.5 Å². The lowest BCUT2D eigenvalue weighted by Gasteiger charge is -2.15. The van der Waals surface area contributed by atoms with Crippen molar-refractivity contribution in [1.29, 1.82) is 0 Å². The van der Waals surface area contributed by atoms with E-state index >= 15 is 0 Å². The molecule has 5 heteroatoms. The summed E-state index contributed by atoms with van der Waals surface area (Å²) in [4.78, 5) is 0. The van der Waals surface area contributed by atoms with Crippen LogP contribution < -0.4 is 10.1 Å². The zero-order chi connectivity index (χ0) is 16.7. The number of halogens is 2. The van der Waals surface area contributed by atoms with Crippen molar-refractivity contribution in [2.24, 2.45) is 0 Å². The molecule has 2 aromatic rings. The molecule has 0 saturated heterocycles. The maximum Gasteiger partial charge on any atom is 0.134 e. The van der Waals surface area contributed by atoms with Crippen LogP contribution in [0.25, 0.3) is 0 Å². The smallest absolute Gasteiger partial charge is 0.134 e. The molecule has 1 atom stereocenters. The van der Waals surface area contributed by atoms with Crippen molar-refractivity contribution in [1.82, 2.24) is 5.32 Å². The molecule has 0 amide bonds. The Morgan fingerprint density at radius 1 is 1.17 bits per heavy atom. The molecule has 0 fully saturated rings. The molecule has 2 rings (SSSR count). The summed E-state index contributed by atoms with van der Waals surface area (Å²) in [5.41, 5.74) is 2.21. The molecule has 2 N–H and O–H groups in total. The van der Waals surface area contributed by atoms with E-state index in [-0.39, 0.29) is 12.6 Å². The highest BCUT2D eigenvalue weighted by Gasteiger charge is 2.06. The second kappa shape index (κ2) is 9.28. The molecule has 0 unspecified atom stereocenters. The van der Waals surface area contributed by atoms with E-state index in [4.69, 9.17) is 16.3 Å². The lowest BCUT2D eigenvalue weighted by atomic mass is 10.2. The van der Waals surface area contributed by atoms with E-state index in [0.717, 1.165) is 39.3 Å². The molecule has 0 saturated carbocycles. The lowest BCUT2D eigenvalue weighted by molar-refractivity contribution is 0.238. The van der Waals surface area contributed by atoms with Gasteiger partial charge in [-0.3, -0.25) is 0 Å². The Labute approximate surface area is 150 Å². The van der Waals surface area contributed by atoms with Gasteiger partial charge in [0.15, 0.2) is 0 Å². The van der Waals surface area contributed by atoms with Crippen LogP contribution in [-0.4, -0.2) is 17.8 Å². The molecule has 0 aromatic heterocycles. The quantitative estimate of drug-likeness (QED) is 0.686. The first-order valence-corrected chi connectivity index (χ1v) is 8.79. The predicted octanol–water partition coefficient (Wildman–Crippen LogP) is 4.54. The maximum absolute atomic E-state index is 9.20. The fourth-order valence-corrected chi connectivity index (χ4v) is 2.78. The molecule has 23 heavy (non-hydrogen) atoms. The van der Waals surface area contributed by atoms with Gasteiger partial charge in [0.1, 0.15) is 12.4 Å². The monoisotopic (exact) mass is 397 g/mol. The van der Waals surface area contributed by atoms with Gasteiger partial charge in [-0.25, -0.2) is 0 Å². The molecule has 0 aliphatic rings. The largest absolute Gasteiger partial charge is 0.488 e. The van der Waals surface area contributed by atoms with E-state index < -0.39 is 0 Å². The lowest BCUT2D eigenvalue weighted by Crippen LogP contribution is -2.31. The van der Waals surface area contributed by atoms with Crippen LogP contribution in [-0.2, 0) is 13.2 Å². The van der Waals surface area contributed by atoms with E-state index in [9.17, 15) is 5.11 Å². The van der Waals surface area contributed by atoms with Crippen LogP contribution in [0.4, 0.5) is 0 Å². The number of hydrogen-bond acceptors (Lipinski definition) is 3. The van der Waals surface area contributed by atoms with Gasteiger partial charge in [0.25, 0.3) is 0 Å². The van der Waals surface area contributed by atoms with Crippen LogP contribution in [0.1, 0.15) is 24.5 Å². The van der Waals surface area contributed by atoms with E-state index in [1.54, 1.807) is 0 Å². The van der Waals surface area contributed by atoms with Gasteiger partial charge in [0.05, 0.1) is 11.1 Å². The molecule has 0 spiro atoms. The summed E-state index contributed by atoms with van der Waals surface area (Å²) in [7, 11) is 0. The van der Waals surface area contributed by atoms with Crippen molar-refractivity contribution in [2.75, 3.05) is 6.61 Å². The zero-order valence-corrected chi connectivity index (χ0v) is 15.4. The summed E-state index contributed by atoms with van der Waals surface area (Å²) < 4.78 is 6.75. The number of benzene rings is 2. The van der Waals surface area contributed by atoms with E-state index in [0.29, 0.717) is 6.61 Å². The maximum atomic E-state index is 9.20. The van der Waals surface area contributed by atoms with Gasteiger partial charge >= 0.3 is 0 Å². The minimum Gasteiger partial charge on any atom is -0.488 e. The molecule has 0 radical (unpaired) electrons. The van der Waals surface area contributed by atoms with Gasteiger partial charge in [-0.2, -0.15) is 0 Å². The number of aliphatic hydroxyl groups excluding tert-OH is 1. The predicted molar refractivity (Wildman–Crippen MR) is 97.9 cm³/mol. The summed E-state index contributed by atoms with van der Waals surface area (Å²) in [6.45, 7) is 3.42. The van der Waals surface area contributed by atoms with Gasteiger partial charge in [-0.05, 0) is 57.7 Å². The Morgan fingerprint density at radius 2 is 1.87 bits per heavy atom. The summed E-state index contributed by atoms with van der Waals surface area (Å²) >= 11 is 9.42. The topological polar surface area (TPSA) is 41.5 Å². The SMILES string of the molecule is CC[C@@H](CO)NCc1ccc(OCc2ccc(Cl)cc2)c(Br)c1.